The van der Waals surface area contributed by atoms with Gasteiger partial charge in [0.2, 0.25) is 17.7 Å². The number of hydrogen-bond acceptors (Lipinski definition) is 14. The summed E-state index contributed by atoms with van der Waals surface area (Å²) < 4.78 is 25.7. The Hall–Kier alpha value is -5.78. The zero-order chi connectivity index (χ0) is 47.4. The fourth-order valence-electron chi connectivity index (χ4n) is 8.44. The van der Waals surface area contributed by atoms with E-state index in [0.717, 1.165) is 58.1 Å². The van der Waals surface area contributed by atoms with Gasteiger partial charge in [-0.25, -0.2) is 0 Å². The Labute approximate surface area is 381 Å². The number of hydrogen-bond donors (Lipinski definition) is 0. The molecule has 0 bridgehead atoms. The number of ether oxygens (including phenoxy) is 4. The summed E-state index contributed by atoms with van der Waals surface area (Å²) in [6, 6.07) is 11.2. The van der Waals surface area contributed by atoms with E-state index >= 15 is 0 Å². The Bertz CT molecular complexity index is 1790. The van der Waals surface area contributed by atoms with E-state index in [1.54, 1.807) is 39.8 Å². The molecule has 4 amide bonds. The van der Waals surface area contributed by atoms with Crippen LogP contribution >= 0.6 is 0 Å². The number of aryl methyl sites for hydroxylation is 1. The smallest absolute Gasteiger partial charge is 0.325 e. The lowest BCUT2D eigenvalue weighted by Gasteiger charge is -2.42. The fraction of sp³-hybridized carbons (Fsp3) is 0.617. The van der Waals surface area contributed by atoms with Gasteiger partial charge in [0, 0.05) is 31.2 Å². The molecule has 2 heterocycles. The van der Waals surface area contributed by atoms with Gasteiger partial charge in [0.05, 0.1) is 32.7 Å². The Kier molecular flexibility index (Phi) is 20.9. The number of esters is 4. The average molecular weight is 910 g/mol. The molecule has 1 aliphatic heterocycles. The lowest BCUT2D eigenvalue weighted by molar-refractivity contribution is -0.157. The monoisotopic (exact) mass is 909 g/mol. The summed E-state index contributed by atoms with van der Waals surface area (Å²) in [5.74, 6) is -5.23. The molecule has 0 atom stereocenters. The van der Waals surface area contributed by atoms with Crippen LogP contribution in [0.15, 0.2) is 47.1 Å². The molecule has 2 aliphatic rings. The Morgan fingerprint density at radius 3 is 1.52 bits per heavy atom. The topological polar surface area (TPSA) is 203 Å². The van der Waals surface area contributed by atoms with Gasteiger partial charge in [0.25, 0.3) is 5.91 Å². The summed E-state index contributed by atoms with van der Waals surface area (Å²) in [6.45, 7) is 6.71. The fourth-order valence-corrected chi connectivity index (χ4v) is 8.44. The van der Waals surface area contributed by atoms with Crippen molar-refractivity contribution in [3.8, 4) is 0 Å². The number of likely N-dealkylation sites (tertiary alicyclic amines) is 1. The van der Waals surface area contributed by atoms with E-state index in [0.29, 0.717) is 38.9 Å². The predicted octanol–water partition coefficient (Wildman–Crippen LogP) is 4.17. The maximum Gasteiger partial charge on any atom is 0.325 e. The number of nitrogens with zero attached hydrogens (tertiary/aromatic N) is 5. The van der Waals surface area contributed by atoms with Crippen LogP contribution in [0.5, 0.6) is 0 Å². The molecule has 18 heteroatoms. The molecule has 65 heavy (non-hydrogen) atoms. The van der Waals surface area contributed by atoms with Crippen molar-refractivity contribution < 1.29 is 61.7 Å². The van der Waals surface area contributed by atoms with Gasteiger partial charge in [-0.2, -0.15) is 0 Å². The summed E-state index contributed by atoms with van der Waals surface area (Å²) in [5.41, 5.74) is 1.40. The molecule has 0 unspecified atom stereocenters. The van der Waals surface area contributed by atoms with Gasteiger partial charge in [-0.05, 0) is 103 Å². The van der Waals surface area contributed by atoms with Crippen LogP contribution in [0.25, 0.3) is 0 Å². The van der Waals surface area contributed by atoms with Crippen LogP contribution in [-0.2, 0) is 52.5 Å². The summed E-state index contributed by atoms with van der Waals surface area (Å²) in [7, 11) is 0. The molecule has 1 saturated heterocycles. The van der Waals surface area contributed by atoms with Crippen molar-refractivity contribution in [2.75, 3.05) is 90.2 Å². The van der Waals surface area contributed by atoms with Crippen molar-refractivity contribution in [3.05, 3.63) is 54.0 Å². The third kappa shape index (κ3) is 16.3. The first-order valence-electron chi connectivity index (χ1n) is 22.8. The lowest BCUT2D eigenvalue weighted by Crippen LogP contribution is -2.52. The van der Waals surface area contributed by atoms with Crippen LogP contribution in [0, 0.1) is 12.3 Å². The number of benzene rings is 1. The number of furan rings is 1. The second-order valence-corrected chi connectivity index (χ2v) is 16.5. The Morgan fingerprint density at radius 1 is 0.631 bits per heavy atom. The highest BCUT2D eigenvalue weighted by molar-refractivity contribution is 6.04. The van der Waals surface area contributed by atoms with Crippen LogP contribution in [0.3, 0.4) is 0 Å². The largest absolute Gasteiger partial charge is 0.465 e. The summed E-state index contributed by atoms with van der Waals surface area (Å²) in [4.78, 5) is 114. The average Bonchev–Trinajstić information content (AvgIpc) is 3.82. The van der Waals surface area contributed by atoms with Crippen molar-refractivity contribution in [3.63, 3.8) is 0 Å². The maximum atomic E-state index is 14.7. The second-order valence-electron chi connectivity index (χ2n) is 16.5. The molecule has 1 saturated carbocycles. The first-order valence-corrected chi connectivity index (χ1v) is 22.8. The molecule has 358 valence electrons. The molecule has 1 aromatic carbocycles. The van der Waals surface area contributed by atoms with Crippen LogP contribution < -0.4 is 4.90 Å². The zero-order valence-electron chi connectivity index (χ0n) is 38.7. The number of rotatable bonds is 24. The number of carbonyl (C=O) groups is 8. The number of anilines is 1. The van der Waals surface area contributed by atoms with Crippen molar-refractivity contribution in [2.45, 2.75) is 98.4 Å². The van der Waals surface area contributed by atoms with E-state index in [1.165, 1.54) is 6.26 Å². The van der Waals surface area contributed by atoms with Gasteiger partial charge in [-0.3, -0.25) is 38.4 Å². The molecule has 2 fully saturated rings. The highest BCUT2D eigenvalue weighted by atomic mass is 16.5. The van der Waals surface area contributed by atoms with Gasteiger partial charge >= 0.3 is 23.9 Å². The van der Waals surface area contributed by atoms with Crippen LogP contribution in [0.1, 0.15) is 102 Å². The molecule has 1 aromatic heterocycles. The molecule has 18 nitrogen and oxygen atoms in total. The van der Waals surface area contributed by atoms with E-state index in [2.05, 4.69) is 4.90 Å². The molecule has 0 radical (unpaired) electrons. The summed E-state index contributed by atoms with van der Waals surface area (Å²) >= 11 is 0. The van der Waals surface area contributed by atoms with Gasteiger partial charge in [-0.15, -0.1) is 0 Å². The lowest BCUT2D eigenvalue weighted by atomic mass is 9.69. The van der Waals surface area contributed by atoms with E-state index in [4.69, 9.17) is 23.4 Å². The molecule has 4 rings (SSSR count). The van der Waals surface area contributed by atoms with E-state index in [1.807, 2.05) is 36.1 Å². The molecular weight excluding hydrogens is 843 g/mol. The minimum absolute atomic E-state index is 0.00557. The van der Waals surface area contributed by atoms with Crippen LogP contribution in [0.2, 0.25) is 0 Å². The zero-order valence-corrected chi connectivity index (χ0v) is 38.7. The SMILES string of the molecule is CCOC(=O)CN(CC(=O)OCC)C(=O)CN(CC(=O)N(CC(=O)OCC)CC(=O)OCC)C(=O)CC1(CCN2CCC(N(C(=O)c3ccco3)c3ccc(C)cc3)CC2)CCCCC1. The molecule has 0 N–H and O–H groups in total. The first-order chi connectivity index (χ1) is 31.2. The summed E-state index contributed by atoms with van der Waals surface area (Å²) in [5, 5.41) is 0. The van der Waals surface area contributed by atoms with E-state index in [-0.39, 0.29) is 50.6 Å². The standard InChI is InChI=1S/C47H67N5O13/c1-6-61-42(56)31-50(32-43(57)62-7-2)40(54)29-49(30-41(55)51(33-44(58)63-8-3)34-45(59)64-9-4)39(53)28-47(21-11-10-12-22-47)23-26-48-24-19-37(20-25-48)52(36-17-15-35(5)16-18-36)46(60)38-14-13-27-65-38/h13-18,27,37H,6-12,19-26,28-34H2,1-5H3. The van der Waals surface area contributed by atoms with Crippen molar-refractivity contribution in [2.24, 2.45) is 5.41 Å². The second kappa shape index (κ2) is 26.2. The Morgan fingerprint density at radius 2 is 1.09 bits per heavy atom. The van der Waals surface area contributed by atoms with E-state index in [9.17, 15) is 38.4 Å². The quantitative estimate of drug-likeness (QED) is 0.107. The third-order valence-corrected chi connectivity index (χ3v) is 11.8. The van der Waals surface area contributed by atoms with E-state index < -0.39 is 86.3 Å². The van der Waals surface area contributed by atoms with Gasteiger partial charge < -0.3 is 47.9 Å². The van der Waals surface area contributed by atoms with Crippen LogP contribution in [0.4, 0.5) is 5.69 Å². The van der Waals surface area contributed by atoms with Crippen molar-refractivity contribution >= 4 is 53.2 Å². The Balaban J connectivity index is 1.55. The molecule has 1 aliphatic carbocycles. The van der Waals surface area contributed by atoms with Gasteiger partial charge in [0.1, 0.15) is 39.3 Å². The summed E-state index contributed by atoms with van der Waals surface area (Å²) in [6.07, 6.45) is 7.80. The normalized spacial score (nSPS) is 15.0. The van der Waals surface area contributed by atoms with Crippen LogP contribution in [-0.4, -0.2) is 158 Å². The number of piperidine rings is 1. The van der Waals surface area contributed by atoms with Gasteiger partial charge in [0.15, 0.2) is 5.76 Å². The highest BCUT2D eigenvalue weighted by Gasteiger charge is 2.39. The minimum atomic E-state index is -0.819. The van der Waals surface area contributed by atoms with Crippen molar-refractivity contribution in [1.82, 2.24) is 19.6 Å². The number of amides is 4. The highest BCUT2D eigenvalue weighted by Crippen LogP contribution is 2.43. The maximum absolute atomic E-state index is 14.7. The minimum Gasteiger partial charge on any atom is -0.465 e. The molecular formula is C47H67N5O13. The first kappa shape index (κ1) is 51.9. The molecule has 0 spiro atoms. The molecule has 2 aromatic rings. The predicted molar refractivity (Wildman–Crippen MR) is 237 cm³/mol. The van der Waals surface area contributed by atoms with Crippen molar-refractivity contribution in [1.29, 1.82) is 0 Å². The third-order valence-electron chi connectivity index (χ3n) is 11.8. The number of carbonyl (C=O) groups excluding carboxylic acids is 8. The van der Waals surface area contributed by atoms with Gasteiger partial charge in [-0.1, -0.05) is 37.0 Å².